The highest BCUT2D eigenvalue weighted by Crippen LogP contribution is 2.31. The number of amides is 2. The van der Waals surface area contributed by atoms with E-state index in [1.165, 1.54) is 0 Å². The Balaban J connectivity index is 2.73. The van der Waals surface area contributed by atoms with Gasteiger partial charge in [0.1, 0.15) is 0 Å². The Labute approximate surface area is 79.3 Å². The topological polar surface area (TPSA) is 72.3 Å². The van der Waals surface area contributed by atoms with Crippen molar-refractivity contribution in [3.8, 4) is 0 Å². The van der Waals surface area contributed by atoms with Crippen LogP contribution in [0.25, 0.3) is 0 Å². The van der Waals surface area contributed by atoms with E-state index in [0.717, 1.165) is 19.4 Å². The zero-order valence-corrected chi connectivity index (χ0v) is 8.42. The van der Waals surface area contributed by atoms with Crippen molar-refractivity contribution in [3.05, 3.63) is 0 Å². The minimum Gasteiger partial charge on any atom is -0.351 e. The standard InChI is InChI=1S/C9H19N3O/c1-9(2,6-10)7-4-3-5-12(7)8(11)13/h7H,3-6,10H2,1-2H3,(H2,11,13). The molecule has 1 rings (SSSR count). The molecule has 0 spiro atoms. The highest BCUT2D eigenvalue weighted by atomic mass is 16.2. The van der Waals surface area contributed by atoms with E-state index in [1.807, 2.05) is 0 Å². The fourth-order valence-corrected chi connectivity index (χ4v) is 1.98. The lowest BCUT2D eigenvalue weighted by Gasteiger charge is -2.36. The summed E-state index contributed by atoms with van der Waals surface area (Å²) in [6.45, 7) is 5.53. The van der Waals surface area contributed by atoms with Gasteiger partial charge in [0.2, 0.25) is 0 Å². The summed E-state index contributed by atoms with van der Waals surface area (Å²) in [5, 5.41) is 0. The third-order valence-electron chi connectivity index (χ3n) is 2.96. The van der Waals surface area contributed by atoms with Gasteiger partial charge in [-0.25, -0.2) is 4.79 Å². The van der Waals surface area contributed by atoms with E-state index in [-0.39, 0.29) is 17.5 Å². The molecule has 1 unspecified atom stereocenters. The average molecular weight is 185 g/mol. The Morgan fingerprint density at radius 3 is 2.69 bits per heavy atom. The Morgan fingerprint density at radius 2 is 2.23 bits per heavy atom. The number of nitrogens with two attached hydrogens (primary N) is 2. The lowest BCUT2D eigenvalue weighted by Crippen LogP contribution is -2.49. The third-order valence-corrected chi connectivity index (χ3v) is 2.96. The van der Waals surface area contributed by atoms with Gasteiger partial charge in [0, 0.05) is 12.6 Å². The first kappa shape index (κ1) is 10.3. The molecule has 0 aliphatic carbocycles. The molecule has 1 fully saturated rings. The number of rotatable bonds is 2. The number of nitrogens with zero attached hydrogens (tertiary/aromatic N) is 1. The summed E-state index contributed by atoms with van der Waals surface area (Å²) in [7, 11) is 0. The van der Waals surface area contributed by atoms with Crippen LogP contribution in [0.15, 0.2) is 0 Å². The summed E-state index contributed by atoms with van der Waals surface area (Å²) in [6.07, 6.45) is 2.06. The summed E-state index contributed by atoms with van der Waals surface area (Å²) in [4.78, 5) is 12.8. The van der Waals surface area contributed by atoms with Crippen molar-refractivity contribution in [1.82, 2.24) is 4.90 Å². The lowest BCUT2D eigenvalue weighted by molar-refractivity contribution is 0.146. The van der Waals surface area contributed by atoms with Crippen molar-refractivity contribution >= 4 is 6.03 Å². The molecule has 0 aromatic heterocycles. The van der Waals surface area contributed by atoms with Gasteiger partial charge in [-0.3, -0.25) is 0 Å². The molecule has 1 heterocycles. The van der Waals surface area contributed by atoms with Crippen LogP contribution in [0.3, 0.4) is 0 Å². The fraction of sp³-hybridized carbons (Fsp3) is 0.889. The van der Waals surface area contributed by atoms with E-state index in [4.69, 9.17) is 11.5 Å². The molecule has 13 heavy (non-hydrogen) atoms. The molecule has 0 aromatic carbocycles. The van der Waals surface area contributed by atoms with Crippen LogP contribution in [-0.2, 0) is 0 Å². The Hall–Kier alpha value is -0.770. The highest BCUT2D eigenvalue weighted by Gasteiger charge is 2.37. The predicted molar refractivity (Wildman–Crippen MR) is 52.1 cm³/mol. The number of hydrogen-bond donors (Lipinski definition) is 2. The number of carbonyl (C=O) groups excluding carboxylic acids is 1. The zero-order valence-electron chi connectivity index (χ0n) is 8.42. The minimum absolute atomic E-state index is 0.0223. The molecule has 2 amide bonds. The number of primary amides is 1. The second-order valence-corrected chi connectivity index (χ2v) is 4.38. The molecule has 1 aliphatic rings. The monoisotopic (exact) mass is 185 g/mol. The zero-order chi connectivity index (χ0) is 10.1. The van der Waals surface area contributed by atoms with Crippen LogP contribution in [0.1, 0.15) is 26.7 Å². The van der Waals surface area contributed by atoms with Gasteiger partial charge in [0.25, 0.3) is 0 Å². The molecular weight excluding hydrogens is 166 g/mol. The molecular formula is C9H19N3O. The van der Waals surface area contributed by atoms with Crippen LogP contribution in [0.4, 0.5) is 4.79 Å². The summed E-state index contributed by atoms with van der Waals surface area (Å²) < 4.78 is 0. The van der Waals surface area contributed by atoms with Gasteiger partial charge >= 0.3 is 6.03 Å². The first-order valence-corrected chi connectivity index (χ1v) is 4.75. The summed E-state index contributed by atoms with van der Waals surface area (Å²) >= 11 is 0. The molecule has 1 atom stereocenters. The molecule has 0 bridgehead atoms. The van der Waals surface area contributed by atoms with Crippen molar-refractivity contribution < 1.29 is 4.79 Å². The SMILES string of the molecule is CC(C)(CN)C1CCCN1C(N)=O. The van der Waals surface area contributed by atoms with Crippen molar-refractivity contribution in [3.63, 3.8) is 0 Å². The average Bonchev–Trinajstić information content (AvgIpc) is 2.52. The molecule has 4 N–H and O–H groups in total. The number of carbonyl (C=O) groups is 1. The van der Waals surface area contributed by atoms with E-state index in [9.17, 15) is 4.79 Å². The number of urea groups is 1. The summed E-state index contributed by atoms with van der Waals surface area (Å²) in [6, 6.07) is -0.0981. The van der Waals surface area contributed by atoms with Crippen LogP contribution in [0.2, 0.25) is 0 Å². The van der Waals surface area contributed by atoms with Gasteiger partial charge in [-0.05, 0) is 24.8 Å². The maximum Gasteiger partial charge on any atom is 0.315 e. The largest absolute Gasteiger partial charge is 0.351 e. The second kappa shape index (κ2) is 3.54. The molecule has 0 aromatic rings. The van der Waals surface area contributed by atoms with Gasteiger partial charge in [-0.1, -0.05) is 13.8 Å². The quantitative estimate of drug-likeness (QED) is 0.658. The van der Waals surface area contributed by atoms with E-state index in [1.54, 1.807) is 4.90 Å². The Bertz CT molecular complexity index is 203. The maximum atomic E-state index is 11.1. The van der Waals surface area contributed by atoms with Gasteiger partial charge in [-0.15, -0.1) is 0 Å². The molecule has 1 saturated heterocycles. The minimum atomic E-state index is -0.316. The van der Waals surface area contributed by atoms with Crippen molar-refractivity contribution in [2.45, 2.75) is 32.7 Å². The second-order valence-electron chi connectivity index (χ2n) is 4.38. The summed E-state index contributed by atoms with van der Waals surface area (Å²) in [5.41, 5.74) is 10.9. The number of hydrogen-bond acceptors (Lipinski definition) is 2. The van der Waals surface area contributed by atoms with E-state index < -0.39 is 0 Å². The van der Waals surface area contributed by atoms with Crippen LogP contribution < -0.4 is 11.5 Å². The molecule has 0 radical (unpaired) electrons. The van der Waals surface area contributed by atoms with Crippen LogP contribution in [0.5, 0.6) is 0 Å². The van der Waals surface area contributed by atoms with Crippen LogP contribution >= 0.6 is 0 Å². The van der Waals surface area contributed by atoms with Crippen LogP contribution in [-0.4, -0.2) is 30.1 Å². The first-order chi connectivity index (χ1) is 5.99. The normalized spacial score (nSPS) is 23.6. The van der Waals surface area contributed by atoms with Gasteiger partial charge in [-0.2, -0.15) is 0 Å². The highest BCUT2D eigenvalue weighted by molar-refractivity contribution is 5.72. The van der Waals surface area contributed by atoms with Gasteiger partial charge in [0.15, 0.2) is 0 Å². The molecule has 0 saturated carbocycles. The Kier molecular flexibility index (Phi) is 2.81. The van der Waals surface area contributed by atoms with Gasteiger partial charge in [0.05, 0.1) is 0 Å². The van der Waals surface area contributed by atoms with E-state index >= 15 is 0 Å². The number of likely N-dealkylation sites (tertiary alicyclic amines) is 1. The predicted octanol–water partition coefficient (Wildman–Crippen LogP) is 0.514. The van der Waals surface area contributed by atoms with Gasteiger partial charge < -0.3 is 16.4 Å². The van der Waals surface area contributed by atoms with Crippen molar-refractivity contribution in [2.24, 2.45) is 16.9 Å². The smallest absolute Gasteiger partial charge is 0.315 e. The lowest BCUT2D eigenvalue weighted by atomic mass is 9.83. The molecule has 4 heteroatoms. The van der Waals surface area contributed by atoms with E-state index in [2.05, 4.69) is 13.8 Å². The summed E-state index contributed by atoms with van der Waals surface area (Å²) in [5.74, 6) is 0. The third kappa shape index (κ3) is 1.94. The molecule has 76 valence electrons. The molecule has 1 aliphatic heterocycles. The maximum absolute atomic E-state index is 11.1. The van der Waals surface area contributed by atoms with E-state index in [0.29, 0.717) is 6.54 Å². The first-order valence-electron chi connectivity index (χ1n) is 4.75. The van der Waals surface area contributed by atoms with Crippen molar-refractivity contribution in [1.29, 1.82) is 0 Å². The molecule has 4 nitrogen and oxygen atoms in total. The van der Waals surface area contributed by atoms with Crippen molar-refractivity contribution in [2.75, 3.05) is 13.1 Å². The fourth-order valence-electron chi connectivity index (χ4n) is 1.98. The Morgan fingerprint density at radius 1 is 1.62 bits per heavy atom. The van der Waals surface area contributed by atoms with Crippen LogP contribution in [0, 0.1) is 5.41 Å².